The van der Waals surface area contributed by atoms with E-state index in [0.717, 1.165) is 16.1 Å². The first-order valence-electron chi connectivity index (χ1n) is 7.80. The molecule has 1 heterocycles. The van der Waals surface area contributed by atoms with Crippen LogP contribution in [0, 0.1) is 5.82 Å². The van der Waals surface area contributed by atoms with E-state index in [9.17, 15) is 14.0 Å². The molecule has 1 amide bonds. The van der Waals surface area contributed by atoms with Crippen molar-refractivity contribution in [3.8, 4) is 0 Å². The van der Waals surface area contributed by atoms with Crippen molar-refractivity contribution >= 4 is 29.3 Å². The second-order valence-corrected chi connectivity index (χ2v) is 6.43. The average molecular weight is 357 g/mol. The minimum absolute atomic E-state index is 0.247. The summed E-state index contributed by atoms with van der Waals surface area (Å²) in [5, 5.41) is 0. The first-order valence-corrected chi connectivity index (χ1v) is 8.61. The van der Waals surface area contributed by atoms with Crippen LogP contribution >= 0.6 is 11.8 Å². The van der Waals surface area contributed by atoms with Crippen LogP contribution in [0.4, 0.5) is 10.1 Å². The molecule has 1 aliphatic rings. The van der Waals surface area contributed by atoms with Crippen molar-refractivity contribution in [1.82, 2.24) is 0 Å². The summed E-state index contributed by atoms with van der Waals surface area (Å²) >= 11 is 1.25. The molecule has 0 radical (unpaired) electrons. The minimum Gasteiger partial charge on any atom is -0.463 e. The smallest absolute Gasteiger partial charge is 0.332 e. The number of hydrogen-bond acceptors (Lipinski definition) is 4. The monoisotopic (exact) mass is 357 g/mol. The Morgan fingerprint density at radius 1 is 1.20 bits per heavy atom. The molecule has 128 valence electrons. The molecule has 4 nitrogen and oxygen atoms in total. The fraction of sp³-hybridized carbons (Fsp3) is 0.158. The van der Waals surface area contributed by atoms with Gasteiger partial charge < -0.3 is 9.64 Å². The molecule has 0 N–H and O–H groups in total. The lowest BCUT2D eigenvalue weighted by Crippen LogP contribution is -2.34. The number of carbonyl (C=O) groups is 2. The van der Waals surface area contributed by atoms with E-state index in [1.54, 1.807) is 24.0 Å². The van der Waals surface area contributed by atoms with Crippen LogP contribution in [0.15, 0.2) is 64.4 Å². The van der Waals surface area contributed by atoms with Gasteiger partial charge in [0.1, 0.15) is 5.82 Å². The fourth-order valence-electron chi connectivity index (χ4n) is 2.48. The lowest BCUT2D eigenvalue weighted by molar-refractivity contribution is -0.137. The topological polar surface area (TPSA) is 46.6 Å². The highest BCUT2D eigenvalue weighted by atomic mass is 32.2. The number of thioether (sulfide) groups is 1. The Kier molecular flexibility index (Phi) is 5.19. The molecule has 0 aromatic heterocycles. The van der Waals surface area contributed by atoms with Crippen LogP contribution in [0.25, 0.3) is 0 Å². The number of anilines is 1. The zero-order valence-electron chi connectivity index (χ0n) is 13.6. The third kappa shape index (κ3) is 3.91. The zero-order valence-corrected chi connectivity index (χ0v) is 14.4. The highest BCUT2D eigenvalue weighted by Crippen LogP contribution is 2.41. The van der Waals surface area contributed by atoms with Gasteiger partial charge in [0.2, 0.25) is 0 Å². The van der Waals surface area contributed by atoms with Crippen molar-refractivity contribution < 1.29 is 18.7 Å². The summed E-state index contributed by atoms with van der Waals surface area (Å²) in [6.45, 7) is 2.25. The molecular formula is C19H16FNO3S. The van der Waals surface area contributed by atoms with Gasteiger partial charge in [-0.25, -0.2) is 9.18 Å². The van der Waals surface area contributed by atoms with Crippen molar-refractivity contribution in [2.75, 3.05) is 11.5 Å². The van der Waals surface area contributed by atoms with Gasteiger partial charge in [0.05, 0.1) is 23.7 Å². The van der Waals surface area contributed by atoms with E-state index in [4.69, 9.17) is 4.74 Å². The molecule has 1 aliphatic heterocycles. The summed E-state index contributed by atoms with van der Waals surface area (Å²) in [6, 6.07) is 13.5. The average Bonchev–Trinajstić information content (AvgIpc) is 2.60. The molecule has 2 aromatic rings. The zero-order chi connectivity index (χ0) is 17.8. The van der Waals surface area contributed by atoms with Gasteiger partial charge in [0, 0.05) is 11.0 Å². The van der Waals surface area contributed by atoms with Gasteiger partial charge in [-0.3, -0.25) is 4.79 Å². The number of halogens is 1. The summed E-state index contributed by atoms with van der Waals surface area (Å²) in [5.41, 5.74) is 1.56. The number of fused-ring (bicyclic) bond motifs is 1. The summed E-state index contributed by atoms with van der Waals surface area (Å²) in [5.74, 6) is -1.15. The Morgan fingerprint density at radius 3 is 2.64 bits per heavy atom. The third-order valence-corrected chi connectivity index (χ3v) is 4.70. The second kappa shape index (κ2) is 7.53. The van der Waals surface area contributed by atoms with Gasteiger partial charge in [-0.05, 0) is 36.8 Å². The van der Waals surface area contributed by atoms with Gasteiger partial charge in [0.25, 0.3) is 5.91 Å². The molecule has 25 heavy (non-hydrogen) atoms. The summed E-state index contributed by atoms with van der Waals surface area (Å²) < 4.78 is 18.0. The standard InChI is InChI=1S/C19H16FNO3S/c1-2-24-18(22)11-17-19(23)21(12-13-7-9-14(20)10-8-13)15-5-3-4-6-16(15)25-17/h3-11H,2,12H2,1H3/b17-11+. The Hall–Kier alpha value is -2.60. The van der Waals surface area contributed by atoms with E-state index < -0.39 is 5.97 Å². The van der Waals surface area contributed by atoms with Gasteiger partial charge in [-0.15, -0.1) is 0 Å². The second-order valence-electron chi connectivity index (χ2n) is 5.35. The predicted molar refractivity (Wildman–Crippen MR) is 94.6 cm³/mol. The molecule has 0 unspecified atom stereocenters. The Morgan fingerprint density at radius 2 is 1.92 bits per heavy atom. The van der Waals surface area contributed by atoms with Gasteiger partial charge in [0.15, 0.2) is 0 Å². The SMILES string of the molecule is CCOC(=O)/C=C1/Sc2ccccc2N(Cc2ccc(F)cc2)C1=O. The van der Waals surface area contributed by atoms with Crippen molar-refractivity contribution in [3.63, 3.8) is 0 Å². The van der Waals surface area contributed by atoms with Crippen LogP contribution in [0.2, 0.25) is 0 Å². The Labute approximate surface area is 149 Å². The van der Waals surface area contributed by atoms with Crippen LogP contribution in [0.5, 0.6) is 0 Å². The first kappa shape index (κ1) is 17.2. The molecule has 0 saturated carbocycles. The summed E-state index contributed by atoms with van der Waals surface area (Å²) in [6.07, 6.45) is 1.23. The molecule has 0 spiro atoms. The lowest BCUT2D eigenvalue weighted by atomic mass is 10.1. The number of ether oxygens (including phenoxy) is 1. The highest BCUT2D eigenvalue weighted by molar-refractivity contribution is 8.04. The molecule has 0 atom stereocenters. The van der Waals surface area contributed by atoms with Gasteiger partial charge in [-0.1, -0.05) is 36.0 Å². The number of hydrogen-bond donors (Lipinski definition) is 0. The summed E-state index contributed by atoms with van der Waals surface area (Å²) in [4.78, 5) is 27.4. The molecule has 3 rings (SSSR count). The van der Waals surface area contributed by atoms with Crippen LogP contribution in [-0.2, 0) is 20.9 Å². The third-order valence-electron chi connectivity index (χ3n) is 3.62. The van der Waals surface area contributed by atoms with E-state index >= 15 is 0 Å². The van der Waals surface area contributed by atoms with Gasteiger partial charge in [-0.2, -0.15) is 0 Å². The van der Waals surface area contributed by atoms with Crippen molar-refractivity contribution in [1.29, 1.82) is 0 Å². The van der Waals surface area contributed by atoms with Crippen molar-refractivity contribution in [2.45, 2.75) is 18.4 Å². The number of esters is 1. The predicted octanol–water partition coefficient (Wildman–Crippen LogP) is 3.91. The molecule has 2 aromatic carbocycles. The molecule has 0 aliphatic carbocycles. The molecule has 0 fully saturated rings. The number of carbonyl (C=O) groups excluding carboxylic acids is 2. The largest absolute Gasteiger partial charge is 0.463 e. The van der Waals surface area contributed by atoms with E-state index in [-0.39, 0.29) is 24.9 Å². The number of para-hydroxylation sites is 1. The van der Waals surface area contributed by atoms with Gasteiger partial charge >= 0.3 is 5.97 Å². The Bertz CT molecular complexity index is 833. The molecule has 0 saturated heterocycles. The number of benzene rings is 2. The van der Waals surface area contributed by atoms with Crippen LogP contribution in [-0.4, -0.2) is 18.5 Å². The quantitative estimate of drug-likeness (QED) is 0.615. The van der Waals surface area contributed by atoms with E-state index in [1.807, 2.05) is 24.3 Å². The molecule has 0 bridgehead atoms. The number of amides is 1. The normalized spacial score (nSPS) is 15.2. The maximum absolute atomic E-state index is 13.1. The van der Waals surface area contributed by atoms with E-state index in [0.29, 0.717) is 4.91 Å². The van der Waals surface area contributed by atoms with Crippen molar-refractivity contribution in [2.24, 2.45) is 0 Å². The molecule has 6 heteroatoms. The van der Waals surface area contributed by atoms with Crippen LogP contribution in [0.3, 0.4) is 0 Å². The number of nitrogens with zero attached hydrogens (tertiary/aromatic N) is 1. The lowest BCUT2D eigenvalue weighted by Gasteiger charge is -2.30. The van der Waals surface area contributed by atoms with E-state index in [2.05, 4.69) is 0 Å². The maximum atomic E-state index is 13.1. The van der Waals surface area contributed by atoms with E-state index in [1.165, 1.54) is 30.0 Å². The van der Waals surface area contributed by atoms with Crippen LogP contribution in [0.1, 0.15) is 12.5 Å². The van der Waals surface area contributed by atoms with Crippen LogP contribution < -0.4 is 4.90 Å². The Balaban J connectivity index is 1.95. The maximum Gasteiger partial charge on any atom is 0.332 e. The number of rotatable bonds is 4. The first-order chi connectivity index (χ1) is 12.1. The minimum atomic E-state index is -0.542. The summed E-state index contributed by atoms with van der Waals surface area (Å²) in [7, 11) is 0. The fourth-order valence-corrected chi connectivity index (χ4v) is 3.50. The highest BCUT2D eigenvalue weighted by Gasteiger charge is 2.29. The van der Waals surface area contributed by atoms with Crippen molar-refractivity contribution in [3.05, 3.63) is 70.9 Å². The molecular weight excluding hydrogens is 341 g/mol.